The molecule has 2 rings (SSSR count). The van der Waals surface area contributed by atoms with Gasteiger partial charge in [0.15, 0.2) is 0 Å². The number of hydrogen-bond acceptors (Lipinski definition) is 3. The van der Waals surface area contributed by atoms with E-state index in [-0.39, 0.29) is 12.0 Å². The number of rotatable bonds is 5. The number of benzene rings is 1. The first-order chi connectivity index (χ1) is 9.12. The summed E-state index contributed by atoms with van der Waals surface area (Å²) < 4.78 is 0. The maximum Gasteiger partial charge on any atom is 0.0522 e. The first-order valence-corrected chi connectivity index (χ1v) is 7.25. The largest absolute Gasteiger partial charge is 0.395 e. The second kappa shape index (κ2) is 6.51. The van der Waals surface area contributed by atoms with Gasteiger partial charge in [-0.1, -0.05) is 38.1 Å². The van der Waals surface area contributed by atoms with E-state index in [4.69, 9.17) is 0 Å². The number of nitrogens with zero attached hydrogens (tertiary/aromatic N) is 1. The summed E-state index contributed by atoms with van der Waals surface area (Å²) >= 11 is 0. The van der Waals surface area contributed by atoms with Crippen molar-refractivity contribution in [3.63, 3.8) is 0 Å². The van der Waals surface area contributed by atoms with Crippen molar-refractivity contribution < 1.29 is 5.11 Å². The summed E-state index contributed by atoms with van der Waals surface area (Å²) in [6.07, 6.45) is 1.11. The van der Waals surface area contributed by atoms with E-state index in [1.165, 1.54) is 11.1 Å². The Bertz CT molecular complexity index is 380. The molecule has 2 N–H and O–H groups in total. The molecule has 0 aliphatic carbocycles. The van der Waals surface area contributed by atoms with Crippen molar-refractivity contribution in [3.8, 4) is 0 Å². The van der Waals surface area contributed by atoms with Crippen LogP contribution >= 0.6 is 0 Å². The van der Waals surface area contributed by atoms with E-state index in [1.807, 2.05) is 0 Å². The molecule has 3 nitrogen and oxygen atoms in total. The molecule has 1 fully saturated rings. The third-order valence-corrected chi connectivity index (χ3v) is 4.06. The number of hydrogen-bond donors (Lipinski definition) is 2. The lowest BCUT2D eigenvalue weighted by atomic mass is 9.85. The molecule has 1 aromatic rings. The average molecular weight is 262 g/mol. The first-order valence-electron chi connectivity index (χ1n) is 7.25. The van der Waals surface area contributed by atoms with Gasteiger partial charge in [0.2, 0.25) is 0 Å². The van der Waals surface area contributed by atoms with E-state index in [9.17, 15) is 5.11 Å². The monoisotopic (exact) mass is 262 g/mol. The van der Waals surface area contributed by atoms with Crippen molar-refractivity contribution in [3.05, 3.63) is 35.4 Å². The van der Waals surface area contributed by atoms with E-state index in [0.29, 0.717) is 0 Å². The quantitative estimate of drug-likeness (QED) is 0.842. The molecule has 19 heavy (non-hydrogen) atoms. The van der Waals surface area contributed by atoms with E-state index in [2.05, 4.69) is 48.3 Å². The Morgan fingerprint density at radius 3 is 2.37 bits per heavy atom. The lowest BCUT2D eigenvalue weighted by molar-refractivity contribution is 0.218. The molecule has 0 bridgehead atoms. The predicted octanol–water partition coefficient (Wildman–Crippen LogP) is 1.40. The molecular formula is C16H26N2O. The molecule has 1 aliphatic heterocycles. The third kappa shape index (κ3) is 4.03. The van der Waals surface area contributed by atoms with Crippen LogP contribution in [-0.2, 0) is 11.8 Å². The highest BCUT2D eigenvalue weighted by molar-refractivity contribution is 5.28. The number of aliphatic hydroxyl groups is 1. The van der Waals surface area contributed by atoms with Crippen LogP contribution in [-0.4, -0.2) is 49.3 Å². The van der Waals surface area contributed by atoms with Crippen molar-refractivity contribution >= 4 is 0 Å². The molecule has 0 aromatic heterocycles. The molecular weight excluding hydrogens is 236 g/mol. The summed E-state index contributed by atoms with van der Waals surface area (Å²) in [5.74, 6) is 0. The van der Waals surface area contributed by atoms with Crippen LogP contribution in [0, 0.1) is 0 Å². The smallest absolute Gasteiger partial charge is 0.0522 e. The molecule has 1 saturated heterocycles. The van der Waals surface area contributed by atoms with Crippen LogP contribution in [0.15, 0.2) is 24.3 Å². The molecule has 106 valence electrons. The molecule has 0 saturated carbocycles. The van der Waals surface area contributed by atoms with Gasteiger partial charge in [-0.05, 0) is 17.5 Å². The van der Waals surface area contributed by atoms with E-state index in [0.717, 1.165) is 39.1 Å². The Kier molecular flexibility index (Phi) is 4.97. The minimum Gasteiger partial charge on any atom is -0.395 e. The summed E-state index contributed by atoms with van der Waals surface area (Å²) in [5.41, 5.74) is 2.45. The van der Waals surface area contributed by atoms with Crippen molar-refractivity contribution in [2.24, 2.45) is 0 Å². The van der Waals surface area contributed by atoms with Gasteiger partial charge < -0.3 is 15.3 Å². The molecule has 3 heteroatoms. The molecule has 0 spiro atoms. The van der Waals surface area contributed by atoms with Crippen molar-refractivity contribution in [1.29, 1.82) is 0 Å². The van der Waals surface area contributed by atoms with Gasteiger partial charge in [-0.3, -0.25) is 0 Å². The van der Waals surface area contributed by atoms with Crippen molar-refractivity contribution in [1.82, 2.24) is 10.2 Å². The fourth-order valence-electron chi connectivity index (χ4n) is 2.44. The molecule has 1 aromatic carbocycles. The maximum absolute atomic E-state index is 9.38. The number of aliphatic hydroxyl groups excluding tert-OH is 1. The Balaban J connectivity index is 1.88. The maximum atomic E-state index is 9.38. The highest BCUT2D eigenvalue weighted by Crippen LogP contribution is 2.22. The van der Waals surface area contributed by atoms with E-state index < -0.39 is 0 Å². The summed E-state index contributed by atoms with van der Waals surface area (Å²) in [4.78, 5) is 2.52. The average Bonchev–Trinajstić information content (AvgIpc) is 2.47. The van der Waals surface area contributed by atoms with E-state index >= 15 is 0 Å². The Morgan fingerprint density at radius 2 is 1.79 bits per heavy atom. The highest BCUT2D eigenvalue weighted by atomic mass is 16.3. The van der Waals surface area contributed by atoms with Crippen LogP contribution in [0.3, 0.4) is 0 Å². The van der Waals surface area contributed by atoms with Crippen molar-refractivity contribution in [2.45, 2.75) is 25.7 Å². The molecule has 1 heterocycles. The third-order valence-electron chi connectivity index (χ3n) is 4.06. The Morgan fingerprint density at radius 1 is 1.16 bits per heavy atom. The van der Waals surface area contributed by atoms with Crippen LogP contribution in [0.1, 0.15) is 25.0 Å². The van der Waals surface area contributed by atoms with Gasteiger partial charge in [0.1, 0.15) is 0 Å². The number of piperazine rings is 1. The van der Waals surface area contributed by atoms with Crippen LogP contribution < -0.4 is 5.32 Å². The molecule has 0 atom stereocenters. The van der Waals surface area contributed by atoms with Crippen LogP contribution in [0.25, 0.3) is 0 Å². The van der Waals surface area contributed by atoms with Gasteiger partial charge in [0.25, 0.3) is 0 Å². The summed E-state index contributed by atoms with van der Waals surface area (Å²) in [7, 11) is 0. The lowest BCUT2D eigenvalue weighted by Crippen LogP contribution is -2.44. The van der Waals surface area contributed by atoms with Gasteiger partial charge in [0, 0.05) is 38.1 Å². The first kappa shape index (κ1) is 14.5. The zero-order chi connectivity index (χ0) is 13.7. The van der Waals surface area contributed by atoms with Gasteiger partial charge in [-0.2, -0.15) is 0 Å². The summed E-state index contributed by atoms with van der Waals surface area (Å²) in [6, 6.07) is 8.72. The normalized spacial score (nSPS) is 17.6. The second-order valence-corrected chi connectivity index (χ2v) is 6.08. The number of nitrogens with one attached hydrogen (secondary N) is 1. The topological polar surface area (TPSA) is 35.5 Å². The van der Waals surface area contributed by atoms with Gasteiger partial charge in [-0.25, -0.2) is 0 Å². The predicted molar refractivity (Wildman–Crippen MR) is 79.6 cm³/mol. The van der Waals surface area contributed by atoms with Gasteiger partial charge in [-0.15, -0.1) is 0 Å². The van der Waals surface area contributed by atoms with Crippen LogP contribution in [0.2, 0.25) is 0 Å². The summed E-state index contributed by atoms with van der Waals surface area (Å²) in [6.45, 7) is 10.0. The molecule has 0 amide bonds. The van der Waals surface area contributed by atoms with Crippen molar-refractivity contribution in [2.75, 3.05) is 39.3 Å². The lowest BCUT2D eigenvalue weighted by Gasteiger charge is -2.27. The summed E-state index contributed by atoms with van der Waals surface area (Å²) in [5, 5.41) is 12.8. The fraction of sp³-hybridized carbons (Fsp3) is 0.625. The highest BCUT2D eigenvalue weighted by Gasteiger charge is 2.18. The van der Waals surface area contributed by atoms with Crippen LogP contribution in [0.4, 0.5) is 0 Å². The minimum absolute atomic E-state index is 0.142. The second-order valence-electron chi connectivity index (χ2n) is 6.08. The zero-order valence-electron chi connectivity index (χ0n) is 12.2. The Hall–Kier alpha value is -0.900. The zero-order valence-corrected chi connectivity index (χ0v) is 12.2. The SMILES string of the molecule is CC(C)(CO)c1ccc(CCN2CCNCC2)cc1. The molecule has 1 aliphatic rings. The van der Waals surface area contributed by atoms with Gasteiger partial charge in [0.05, 0.1) is 6.61 Å². The Labute approximate surface area is 116 Å². The molecule has 0 radical (unpaired) electrons. The van der Waals surface area contributed by atoms with Crippen LogP contribution in [0.5, 0.6) is 0 Å². The van der Waals surface area contributed by atoms with Gasteiger partial charge >= 0.3 is 0 Å². The molecule has 0 unspecified atom stereocenters. The van der Waals surface area contributed by atoms with E-state index in [1.54, 1.807) is 0 Å². The fourth-order valence-corrected chi connectivity index (χ4v) is 2.44. The standard InChI is InChI=1S/C16H26N2O/c1-16(2,13-19)15-5-3-14(4-6-15)7-10-18-11-8-17-9-12-18/h3-6,17,19H,7-13H2,1-2H3. The minimum atomic E-state index is -0.142.